The first kappa shape index (κ1) is 24.8. The van der Waals surface area contributed by atoms with E-state index in [-0.39, 0.29) is 18.4 Å². The van der Waals surface area contributed by atoms with Crippen LogP contribution in [-0.2, 0) is 25.4 Å². The number of alkyl halides is 6. The van der Waals surface area contributed by atoms with E-state index in [4.69, 9.17) is 16.1 Å². The predicted octanol–water partition coefficient (Wildman–Crippen LogP) is 6.45. The molecule has 1 aliphatic rings. The van der Waals surface area contributed by atoms with Gasteiger partial charge in [-0.15, -0.1) is 0 Å². The standard InChI is InChI=1S/C22H16ClF6N5O/c1-2-5-33-10-16-17(4-3-12(9-30)19(16)23)34(33)11-18-31-20(35-32-18)13-6-14(21(24,25)26)8-15(7-13)22(27,28)29/h3-4,6-8H,2,5,10-11H2,1H3. The first-order valence-corrected chi connectivity index (χ1v) is 10.7. The van der Waals surface area contributed by atoms with Gasteiger partial charge in [-0.1, -0.05) is 23.7 Å². The molecule has 0 radical (unpaired) electrons. The summed E-state index contributed by atoms with van der Waals surface area (Å²) in [7, 11) is 0. The molecule has 0 atom stereocenters. The third-order valence-corrected chi connectivity index (χ3v) is 5.81. The van der Waals surface area contributed by atoms with Gasteiger partial charge in [0.05, 0.1) is 33.9 Å². The number of benzene rings is 2. The largest absolute Gasteiger partial charge is 0.416 e. The van der Waals surface area contributed by atoms with Crippen LogP contribution in [0.25, 0.3) is 11.5 Å². The van der Waals surface area contributed by atoms with E-state index in [1.54, 1.807) is 17.1 Å². The molecule has 1 aromatic heterocycles. The fraction of sp³-hybridized carbons (Fsp3) is 0.318. The number of hydrazine groups is 1. The van der Waals surface area contributed by atoms with Crippen LogP contribution in [0.15, 0.2) is 34.9 Å². The minimum absolute atomic E-state index is 0.0177. The molecule has 35 heavy (non-hydrogen) atoms. The molecule has 2 heterocycles. The summed E-state index contributed by atoms with van der Waals surface area (Å²) >= 11 is 6.37. The zero-order chi connectivity index (χ0) is 25.5. The van der Waals surface area contributed by atoms with Gasteiger partial charge in [-0.2, -0.15) is 36.6 Å². The third kappa shape index (κ3) is 4.92. The van der Waals surface area contributed by atoms with Crippen LogP contribution in [0.1, 0.15) is 41.4 Å². The first-order chi connectivity index (χ1) is 16.4. The maximum absolute atomic E-state index is 13.2. The molecule has 0 fully saturated rings. The van der Waals surface area contributed by atoms with E-state index in [0.29, 0.717) is 41.5 Å². The molecule has 4 rings (SSSR count). The average Bonchev–Trinajstić information content (AvgIpc) is 3.39. The van der Waals surface area contributed by atoms with Gasteiger partial charge in [-0.25, -0.2) is 5.01 Å². The van der Waals surface area contributed by atoms with Crippen molar-refractivity contribution in [2.45, 2.75) is 38.8 Å². The van der Waals surface area contributed by atoms with Crippen LogP contribution in [0.4, 0.5) is 32.0 Å². The Bertz CT molecular complexity index is 1260. The quantitative estimate of drug-likeness (QED) is 0.364. The van der Waals surface area contributed by atoms with E-state index < -0.39 is 34.9 Å². The van der Waals surface area contributed by atoms with Crippen molar-refractivity contribution in [3.8, 4) is 17.5 Å². The van der Waals surface area contributed by atoms with Crippen molar-refractivity contribution >= 4 is 17.3 Å². The lowest BCUT2D eigenvalue weighted by molar-refractivity contribution is -0.143. The Labute approximate surface area is 200 Å². The van der Waals surface area contributed by atoms with Crippen molar-refractivity contribution < 1.29 is 30.9 Å². The van der Waals surface area contributed by atoms with Crippen LogP contribution in [-0.4, -0.2) is 21.7 Å². The van der Waals surface area contributed by atoms with Gasteiger partial charge in [0.2, 0.25) is 0 Å². The van der Waals surface area contributed by atoms with Gasteiger partial charge in [0.1, 0.15) is 6.07 Å². The van der Waals surface area contributed by atoms with Gasteiger partial charge >= 0.3 is 12.4 Å². The van der Waals surface area contributed by atoms with Gasteiger partial charge in [-0.3, -0.25) is 5.01 Å². The second-order valence-electron chi connectivity index (χ2n) is 7.79. The number of hydrogen-bond acceptors (Lipinski definition) is 6. The van der Waals surface area contributed by atoms with E-state index in [2.05, 4.69) is 10.1 Å². The molecule has 13 heteroatoms. The van der Waals surface area contributed by atoms with Gasteiger partial charge in [0, 0.05) is 24.2 Å². The normalized spacial score (nSPS) is 14.3. The van der Waals surface area contributed by atoms with Crippen molar-refractivity contribution in [2.75, 3.05) is 11.6 Å². The van der Waals surface area contributed by atoms with E-state index in [9.17, 15) is 31.6 Å². The minimum atomic E-state index is -5.00. The second kappa shape index (κ2) is 9.05. The molecule has 0 amide bonds. The molecule has 2 aromatic carbocycles. The van der Waals surface area contributed by atoms with Crippen LogP contribution >= 0.6 is 11.6 Å². The lowest BCUT2D eigenvalue weighted by atomic mass is 10.0. The number of nitrogens with zero attached hydrogens (tertiary/aromatic N) is 5. The zero-order valence-corrected chi connectivity index (χ0v) is 18.8. The van der Waals surface area contributed by atoms with Crippen molar-refractivity contribution in [1.29, 1.82) is 5.26 Å². The third-order valence-electron chi connectivity index (χ3n) is 5.37. The van der Waals surface area contributed by atoms with E-state index in [0.717, 1.165) is 12.0 Å². The molecule has 0 N–H and O–H groups in total. The summed E-state index contributed by atoms with van der Waals surface area (Å²) in [5.41, 5.74) is -1.74. The molecule has 0 spiro atoms. The first-order valence-electron chi connectivity index (χ1n) is 10.3. The second-order valence-corrected chi connectivity index (χ2v) is 8.17. The molecule has 184 valence electrons. The summed E-state index contributed by atoms with van der Waals surface area (Å²) in [5.74, 6) is -0.434. The highest BCUT2D eigenvalue weighted by Crippen LogP contribution is 2.40. The Hall–Kier alpha value is -3.30. The summed E-state index contributed by atoms with van der Waals surface area (Å²) in [4.78, 5) is 4.05. The predicted molar refractivity (Wildman–Crippen MR) is 113 cm³/mol. The number of fused-ring (bicyclic) bond motifs is 1. The fourth-order valence-electron chi connectivity index (χ4n) is 3.80. The number of rotatable bonds is 5. The molecule has 0 saturated carbocycles. The lowest BCUT2D eigenvalue weighted by Crippen LogP contribution is -2.37. The van der Waals surface area contributed by atoms with Crippen molar-refractivity contribution in [3.05, 3.63) is 63.4 Å². The van der Waals surface area contributed by atoms with Crippen LogP contribution < -0.4 is 5.01 Å². The maximum atomic E-state index is 13.2. The average molecular weight is 516 g/mol. The molecular weight excluding hydrogens is 500 g/mol. The number of aromatic nitrogens is 2. The molecule has 0 unspecified atom stereocenters. The summed E-state index contributed by atoms with van der Waals surface area (Å²) in [6, 6.07) is 6.38. The molecular formula is C22H16ClF6N5O. The number of halogens is 7. The SMILES string of the molecule is CCCN1Cc2c(ccc(C#N)c2Cl)N1Cc1noc(-c2cc(C(F)(F)F)cc(C(F)(F)F)c2)n1. The molecule has 0 bridgehead atoms. The number of nitriles is 1. The van der Waals surface area contributed by atoms with Crippen LogP contribution in [0, 0.1) is 11.3 Å². The number of hydrogen-bond donors (Lipinski definition) is 0. The monoisotopic (exact) mass is 515 g/mol. The van der Waals surface area contributed by atoms with E-state index in [1.807, 2.05) is 18.0 Å². The van der Waals surface area contributed by atoms with Gasteiger partial charge in [0.15, 0.2) is 5.82 Å². The molecule has 6 nitrogen and oxygen atoms in total. The highest BCUT2D eigenvalue weighted by atomic mass is 35.5. The smallest absolute Gasteiger partial charge is 0.334 e. The maximum Gasteiger partial charge on any atom is 0.416 e. The summed E-state index contributed by atoms with van der Waals surface area (Å²) in [6.07, 6.45) is -9.23. The Morgan fingerprint density at radius 2 is 1.74 bits per heavy atom. The Morgan fingerprint density at radius 1 is 1.09 bits per heavy atom. The summed E-state index contributed by atoms with van der Waals surface area (Å²) in [6.45, 7) is 3.00. The lowest BCUT2D eigenvalue weighted by Gasteiger charge is -2.28. The van der Waals surface area contributed by atoms with Crippen LogP contribution in [0.2, 0.25) is 5.02 Å². The Balaban J connectivity index is 1.68. The van der Waals surface area contributed by atoms with Gasteiger partial charge in [-0.05, 0) is 36.8 Å². The van der Waals surface area contributed by atoms with Crippen molar-refractivity contribution in [2.24, 2.45) is 0 Å². The fourth-order valence-corrected chi connectivity index (χ4v) is 4.06. The summed E-state index contributed by atoms with van der Waals surface area (Å²) < 4.78 is 84.2. The van der Waals surface area contributed by atoms with Crippen LogP contribution in [0.3, 0.4) is 0 Å². The molecule has 3 aromatic rings. The topological polar surface area (TPSA) is 69.2 Å². The number of anilines is 1. The van der Waals surface area contributed by atoms with E-state index >= 15 is 0 Å². The van der Waals surface area contributed by atoms with Gasteiger partial charge in [0.25, 0.3) is 5.89 Å². The minimum Gasteiger partial charge on any atom is -0.334 e. The molecule has 1 aliphatic heterocycles. The highest BCUT2D eigenvalue weighted by Gasteiger charge is 2.38. The zero-order valence-electron chi connectivity index (χ0n) is 18.0. The molecule has 0 saturated heterocycles. The molecule has 0 aliphatic carbocycles. The van der Waals surface area contributed by atoms with Gasteiger partial charge < -0.3 is 4.52 Å². The highest BCUT2D eigenvalue weighted by molar-refractivity contribution is 6.33. The van der Waals surface area contributed by atoms with Crippen LogP contribution in [0.5, 0.6) is 0 Å². The van der Waals surface area contributed by atoms with Crippen molar-refractivity contribution in [3.63, 3.8) is 0 Å². The summed E-state index contributed by atoms with van der Waals surface area (Å²) in [5, 5.41) is 17.0. The van der Waals surface area contributed by atoms with Crippen molar-refractivity contribution in [1.82, 2.24) is 15.1 Å². The van der Waals surface area contributed by atoms with E-state index in [1.165, 1.54) is 0 Å². The Morgan fingerprint density at radius 3 is 2.31 bits per heavy atom. The Kier molecular flexibility index (Phi) is 6.42.